The summed E-state index contributed by atoms with van der Waals surface area (Å²) in [6.45, 7) is 1.34. The second kappa shape index (κ2) is 7.75. The first kappa shape index (κ1) is 18.7. The molecule has 0 radical (unpaired) electrons. The molecule has 0 amide bonds. The third-order valence-electron chi connectivity index (χ3n) is 2.94. The van der Waals surface area contributed by atoms with Gasteiger partial charge in [-0.15, -0.1) is 0 Å². The normalized spacial score (nSPS) is 14.5. The number of thioether (sulfide) groups is 1. The standard InChI is InChI=1S/C14H15F3O4S/c1-8(19)22-5-4-12(20)13(21)11-6-10(14(15,16)17)3-2-9(11)7-18/h2-3,6-7,12-13,20-21H,4-5H2,1H3. The van der Waals surface area contributed by atoms with E-state index in [9.17, 15) is 33.0 Å². The van der Waals surface area contributed by atoms with Gasteiger partial charge < -0.3 is 10.2 Å². The Morgan fingerprint density at radius 1 is 1.36 bits per heavy atom. The van der Waals surface area contributed by atoms with Crippen molar-refractivity contribution in [2.45, 2.75) is 31.7 Å². The molecule has 0 saturated carbocycles. The number of alkyl halides is 3. The second-order valence-corrected chi connectivity index (χ2v) is 5.87. The first-order chi connectivity index (χ1) is 10.2. The second-order valence-electron chi connectivity index (χ2n) is 4.60. The lowest BCUT2D eigenvalue weighted by atomic mass is 9.95. The third kappa shape index (κ3) is 5.11. The maximum absolute atomic E-state index is 12.7. The number of rotatable bonds is 6. The van der Waals surface area contributed by atoms with Gasteiger partial charge in [-0.1, -0.05) is 17.8 Å². The average Bonchev–Trinajstić information content (AvgIpc) is 2.44. The van der Waals surface area contributed by atoms with Crippen LogP contribution in [-0.4, -0.2) is 33.5 Å². The zero-order chi connectivity index (χ0) is 16.9. The summed E-state index contributed by atoms with van der Waals surface area (Å²) < 4.78 is 38.1. The minimum absolute atomic E-state index is 0.0000437. The van der Waals surface area contributed by atoms with E-state index in [1.54, 1.807) is 0 Å². The minimum atomic E-state index is -4.62. The molecule has 2 unspecified atom stereocenters. The van der Waals surface area contributed by atoms with Gasteiger partial charge in [0, 0.05) is 18.2 Å². The van der Waals surface area contributed by atoms with E-state index in [2.05, 4.69) is 0 Å². The molecule has 0 aliphatic rings. The number of hydrogen-bond donors (Lipinski definition) is 2. The summed E-state index contributed by atoms with van der Waals surface area (Å²) in [5.74, 6) is 0.211. The molecule has 0 aromatic heterocycles. The molecule has 0 bridgehead atoms. The highest BCUT2D eigenvalue weighted by molar-refractivity contribution is 8.13. The van der Waals surface area contributed by atoms with Crippen LogP contribution in [0.5, 0.6) is 0 Å². The molecule has 0 heterocycles. The Balaban J connectivity index is 2.96. The number of halogens is 3. The van der Waals surface area contributed by atoms with Crippen molar-refractivity contribution in [3.05, 3.63) is 34.9 Å². The molecule has 0 saturated heterocycles. The number of aliphatic hydroxyl groups excluding tert-OH is 2. The van der Waals surface area contributed by atoms with Crippen molar-refractivity contribution < 1.29 is 33.0 Å². The highest BCUT2D eigenvalue weighted by Gasteiger charge is 2.32. The molecule has 1 aromatic carbocycles. The smallest absolute Gasteiger partial charge is 0.390 e. The highest BCUT2D eigenvalue weighted by atomic mass is 32.2. The number of carbonyl (C=O) groups excluding carboxylic acids is 2. The number of carbonyl (C=O) groups is 2. The van der Waals surface area contributed by atoms with Crippen LogP contribution >= 0.6 is 11.8 Å². The number of aliphatic hydroxyl groups is 2. The molecular formula is C14H15F3O4S. The van der Waals surface area contributed by atoms with Gasteiger partial charge in [0.2, 0.25) is 0 Å². The molecule has 2 atom stereocenters. The molecular weight excluding hydrogens is 321 g/mol. The van der Waals surface area contributed by atoms with E-state index >= 15 is 0 Å². The lowest BCUT2D eigenvalue weighted by Crippen LogP contribution is -2.21. The van der Waals surface area contributed by atoms with E-state index in [1.165, 1.54) is 6.92 Å². The van der Waals surface area contributed by atoms with E-state index in [0.717, 1.165) is 23.9 Å². The summed E-state index contributed by atoms with van der Waals surface area (Å²) in [6, 6.07) is 2.33. The average molecular weight is 336 g/mol. The SMILES string of the molecule is CC(=O)SCCC(O)C(O)c1cc(C(F)(F)F)ccc1C=O. The Morgan fingerprint density at radius 2 is 2.00 bits per heavy atom. The van der Waals surface area contributed by atoms with Crippen LogP contribution in [0.3, 0.4) is 0 Å². The highest BCUT2D eigenvalue weighted by Crippen LogP contribution is 2.33. The van der Waals surface area contributed by atoms with Gasteiger partial charge in [-0.2, -0.15) is 13.2 Å². The fourth-order valence-electron chi connectivity index (χ4n) is 1.80. The van der Waals surface area contributed by atoms with Gasteiger partial charge in [0.1, 0.15) is 12.4 Å². The van der Waals surface area contributed by atoms with Gasteiger partial charge >= 0.3 is 6.18 Å². The Hall–Kier alpha value is -1.38. The summed E-state index contributed by atoms with van der Waals surface area (Å²) in [7, 11) is 0. The molecule has 1 rings (SSSR count). The molecule has 0 aliphatic heterocycles. The Labute approximate surface area is 129 Å². The lowest BCUT2D eigenvalue weighted by Gasteiger charge is -2.20. The van der Waals surface area contributed by atoms with E-state index in [-0.39, 0.29) is 28.4 Å². The molecule has 2 N–H and O–H groups in total. The fraction of sp³-hybridized carbons (Fsp3) is 0.429. The maximum Gasteiger partial charge on any atom is 0.416 e. The van der Waals surface area contributed by atoms with Crippen LogP contribution in [0.1, 0.15) is 40.9 Å². The molecule has 22 heavy (non-hydrogen) atoms. The van der Waals surface area contributed by atoms with Gasteiger partial charge in [-0.3, -0.25) is 9.59 Å². The molecule has 4 nitrogen and oxygen atoms in total. The summed E-state index contributed by atoms with van der Waals surface area (Å²) in [5, 5.41) is 19.6. The van der Waals surface area contributed by atoms with Crippen LogP contribution < -0.4 is 0 Å². The number of benzene rings is 1. The molecule has 1 aromatic rings. The molecule has 8 heteroatoms. The van der Waals surface area contributed by atoms with Gasteiger partial charge in [-0.05, 0) is 24.1 Å². The van der Waals surface area contributed by atoms with Crippen LogP contribution in [-0.2, 0) is 11.0 Å². The summed E-state index contributed by atoms with van der Waals surface area (Å²) in [4.78, 5) is 21.7. The summed E-state index contributed by atoms with van der Waals surface area (Å²) in [6.07, 6.45) is -7.33. The minimum Gasteiger partial charge on any atom is -0.390 e. The monoisotopic (exact) mass is 336 g/mol. The topological polar surface area (TPSA) is 74.6 Å². The first-order valence-corrected chi connectivity index (χ1v) is 7.31. The van der Waals surface area contributed by atoms with Gasteiger partial charge in [0.15, 0.2) is 5.12 Å². The predicted molar refractivity (Wildman–Crippen MR) is 75.6 cm³/mol. The van der Waals surface area contributed by atoms with Crippen molar-refractivity contribution in [3.63, 3.8) is 0 Å². The molecule has 0 fully saturated rings. The van der Waals surface area contributed by atoms with Gasteiger partial charge in [0.25, 0.3) is 0 Å². The lowest BCUT2D eigenvalue weighted by molar-refractivity contribution is -0.137. The van der Waals surface area contributed by atoms with E-state index in [1.807, 2.05) is 0 Å². The maximum atomic E-state index is 12.7. The quantitative estimate of drug-likeness (QED) is 0.781. The first-order valence-electron chi connectivity index (χ1n) is 6.32. The van der Waals surface area contributed by atoms with Gasteiger partial charge in [-0.25, -0.2) is 0 Å². The van der Waals surface area contributed by atoms with E-state index in [4.69, 9.17) is 0 Å². The van der Waals surface area contributed by atoms with Crippen molar-refractivity contribution in [2.75, 3.05) is 5.75 Å². The van der Waals surface area contributed by atoms with Crippen LogP contribution in [0.25, 0.3) is 0 Å². The molecule has 0 aliphatic carbocycles. The van der Waals surface area contributed by atoms with E-state index < -0.39 is 23.9 Å². The molecule has 0 spiro atoms. The van der Waals surface area contributed by atoms with Crippen LogP contribution in [0.15, 0.2) is 18.2 Å². The Kier molecular flexibility index (Phi) is 6.58. The number of hydrogen-bond acceptors (Lipinski definition) is 5. The van der Waals surface area contributed by atoms with Crippen molar-refractivity contribution in [3.8, 4) is 0 Å². The predicted octanol–water partition coefficient (Wildman–Crippen LogP) is 2.58. The summed E-state index contributed by atoms with van der Waals surface area (Å²) in [5.41, 5.74) is -1.43. The summed E-state index contributed by atoms with van der Waals surface area (Å²) >= 11 is 0.930. The largest absolute Gasteiger partial charge is 0.416 e. The van der Waals surface area contributed by atoms with Crippen LogP contribution in [0, 0.1) is 0 Å². The fourth-order valence-corrected chi connectivity index (χ4v) is 2.45. The van der Waals surface area contributed by atoms with Crippen LogP contribution in [0.2, 0.25) is 0 Å². The van der Waals surface area contributed by atoms with Crippen molar-refractivity contribution >= 4 is 23.2 Å². The Morgan fingerprint density at radius 3 is 2.50 bits per heavy atom. The third-order valence-corrected chi connectivity index (χ3v) is 3.79. The van der Waals surface area contributed by atoms with Gasteiger partial charge in [0.05, 0.1) is 11.7 Å². The van der Waals surface area contributed by atoms with E-state index in [0.29, 0.717) is 12.4 Å². The van der Waals surface area contributed by atoms with Crippen molar-refractivity contribution in [2.24, 2.45) is 0 Å². The zero-order valence-corrected chi connectivity index (χ0v) is 12.4. The molecule has 122 valence electrons. The van der Waals surface area contributed by atoms with Crippen LogP contribution in [0.4, 0.5) is 13.2 Å². The Bertz CT molecular complexity index is 545. The van der Waals surface area contributed by atoms with Crippen molar-refractivity contribution in [1.29, 1.82) is 0 Å². The number of aldehydes is 1. The zero-order valence-electron chi connectivity index (χ0n) is 11.6. The van der Waals surface area contributed by atoms with Crippen molar-refractivity contribution in [1.82, 2.24) is 0 Å².